The van der Waals surface area contributed by atoms with E-state index in [1.807, 2.05) is 48.9 Å². The molecule has 1 N–H and O–H groups in total. The molecule has 1 amide bonds. The SMILES string of the molecule is CCOc1ccc2c(ccn2C(C)C(=O)Nc2cc(Cl)ccc2Cl)c1. The summed E-state index contributed by atoms with van der Waals surface area (Å²) in [5.41, 5.74) is 1.46. The fourth-order valence-corrected chi connectivity index (χ4v) is 3.03. The molecule has 3 aromatic rings. The maximum atomic E-state index is 12.6. The van der Waals surface area contributed by atoms with E-state index in [1.165, 1.54) is 0 Å². The van der Waals surface area contributed by atoms with Gasteiger partial charge in [0.2, 0.25) is 5.91 Å². The van der Waals surface area contributed by atoms with Crippen LogP contribution in [0.2, 0.25) is 10.0 Å². The zero-order chi connectivity index (χ0) is 18.0. The molecule has 130 valence electrons. The first-order valence-electron chi connectivity index (χ1n) is 7.99. The van der Waals surface area contributed by atoms with Crippen molar-refractivity contribution in [1.29, 1.82) is 0 Å². The molecule has 1 atom stereocenters. The molecule has 1 unspecified atom stereocenters. The normalized spacial score (nSPS) is 12.2. The van der Waals surface area contributed by atoms with Gasteiger partial charge in [0.25, 0.3) is 0 Å². The third kappa shape index (κ3) is 3.75. The van der Waals surface area contributed by atoms with Gasteiger partial charge in [-0.2, -0.15) is 0 Å². The van der Waals surface area contributed by atoms with Crippen molar-refractivity contribution in [1.82, 2.24) is 4.57 Å². The van der Waals surface area contributed by atoms with Gasteiger partial charge in [0.1, 0.15) is 11.8 Å². The van der Waals surface area contributed by atoms with Gasteiger partial charge in [-0.3, -0.25) is 4.79 Å². The number of fused-ring (bicyclic) bond motifs is 1. The number of anilines is 1. The fraction of sp³-hybridized carbons (Fsp3) is 0.211. The molecule has 4 nitrogen and oxygen atoms in total. The summed E-state index contributed by atoms with van der Waals surface area (Å²) in [6.07, 6.45) is 1.89. The van der Waals surface area contributed by atoms with Crippen LogP contribution in [-0.2, 0) is 4.79 Å². The van der Waals surface area contributed by atoms with Crippen molar-refractivity contribution in [3.05, 3.63) is 58.7 Å². The van der Waals surface area contributed by atoms with Crippen LogP contribution in [-0.4, -0.2) is 17.1 Å². The smallest absolute Gasteiger partial charge is 0.247 e. The molecule has 1 aromatic heterocycles. The lowest BCUT2D eigenvalue weighted by molar-refractivity contribution is -0.118. The van der Waals surface area contributed by atoms with Crippen LogP contribution < -0.4 is 10.1 Å². The molecule has 25 heavy (non-hydrogen) atoms. The summed E-state index contributed by atoms with van der Waals surface area (Å²) >= 11 is 12.1. The molecular formula is C19H18Cl2N2O2. The number of rotatable bonds is 5. The minimum atomic E-state index is -0.412. The Morgan fingerprint density at radius 3 is 2.76 bits per heavy atom. The standard InChI is InChI=1S/C19H18Cl2N2O2/c1-3-25-15-5-7-18-13(10-15)8-9-23(18)12(2)19(24)22-17-11-14(20)4-6-16(17)21/h4-12H,3H2,1-2H3,(H,22,24). The van der Waals surface area contributed by atoms with Crippen LogP contribution in [0.3, 0.4) is 0 Å². The second-order valence-electron chi connectivity index (χ2n) is 5.67. The number of nitrogens with one attached hydrogen (secondary N) is 1. The summed E-state index contributed by atoms with van der Waals surface area (Å²) in [5.74, 6) is 0.645. The largest absolute Gasteiger partial charge is 0.494 e. The fourth-order valence-electron chi connectivity index (χ4n) is 2.69. The van der Waals surface area contributed by atoms with Crippen molar-refractivity contribution < 1.29 is 9.53 Å². The lowest BCUT2D eigenvalue weighted by Gasteiger charge is -2.16. The lowest BCUT2D eigenvalue weighted by Crippen LogP contribution is -2.23. The second-order valence-corrected chi connectivity index (χ2v) is 6.51. The van der Waals surface area contributed by atoms with Crippen LogP contribution >= 0.6 is 23.2 Å². The maximum Gasteiger partial charge on any atom is 0.247 e. The number of benzene rings is 2. The van der Waals surface area contributed by atoms with Crippen LogP contribution in [0.15, 0.2) is 48.7 Å². The van der Waals surface area contributed by atoms with E-state index in [0.717, 1.165) is 16.7 Å². The highest BCUT2D eigenvalue weighted by atomic mass is 35.5. The molecule has 0 saturated heterocycles. The third-order valence-corrected chi connectivity index (χ3v) is 4.55. The van der Waals surface area contributed by atoms with Crippen molar-refractivity contribution in [2.24, 2.45) is 0 Å². The minimum Gasteiger partial charge on any atom is -0.494 e. The van der Waals surface area contributed by atoms with Crippen molar-refractivity contribution >= 4 is 45.7 Å². The molecule has 1 heterocycles. The van der Waals surface area contributed by atoms with Crippen LogP contribution in [0.25, 0.3) is 10.9 Å². The van der Waals surface area contributed by atoms with Gasteiger partial charge in [-0.15, -0.1) is 0 Å². The zero-order valence-corrected chi connectivity index (χ0v) is 15.4. The molecule has 0 fully saturated rings. The molecule has 0 bridgehead atoms. The Labute approximate surface area is 156 Å². The Balaban J connectivity index is 1.84. The van der Waals surface area contributed by atoms with Gasteiger partial charge < -0.3 is 14.6 Å². The molecule has 0 radical (unpaired) electrons. The van der Waals surface area contributed by atoms with E-state index in [-0.39, 0.29) is 5.91 Å². The van der Waals surface area contributed by atoms with E-state index in [0.29, 0.717) is 22.3 Å². The highest BCUT2D eigenvalue weighted by Crippen LogP contribution is 2.28. The van der Waals surface area contributed by atoms with Gasteiger partial charge in [0.05, 0.1) is 17.3 Å². The van der Waals surface area contributed by atoms with Gasteiger partial charge >= 0.3 is 0 Å². The topological polar surface area (TPSA) is 43.3 Å². The summed E-state index contributed by atoms with van der Waals surface area (Å²) < 4.78 is 7.43. The predicted molar refractivity (Wildman–Crippen MR) is 103 cm³/mol. The first kappa shape index (κ1) is 17.6. The van der Waals surface area contributed by atoms with Crippen molar-refractivity contribution in [3.63, 3.8) is 0 Å². The number of aromatic nitrogens is 1. The monoisotopic (exact) mass is 376 g/mol. The Morgan fingerprint density at radius 1 is 1.20 bits per heavy atom. The Hall–Kier alpha value is -2.17. The van der Waals surface area contributed by atoms with Crippen LogP contribution in [0.5, 0.6) is 5.75 Å². The zero-order valence-electron chi connectivity index (χ0n) is 13.9. The molecule has 2 aromatic carbocycles. The molecule has 0 aliphatic rings. The Kier molecular flexibility index (Phi) is 5.21. The molecular weight excluding hydrogens is 359 g/mol. The number of nitrogens with zero attached hydrogens (tertiary/aromatic N) is 1. The predicted octanol–water partition coefficient (Wildman–Crippen LogP) is 5.55. The number of hydrogen-bond donors (Lipinski definition) is 1. The first-order valence-corrected chi connectivity index (χ1v) is 8.74. The quantitative estimate of drug-likeness (QED) is 0.634. The molecule has 3 rings (SSSR count). The van der Waals surface area contributed by atoms with Crippen molar-refractivity contribution in [2.75, 3.05) is 11.9 Å². The molecule has 0 spiro atoms. The first-order chi connectivity index (χ1) is 12.0. The van der Waals surface area contributed by atoms with Crippen molar-refractivity contribution in [3.8, 4) is 5.75 Å². The number of ether oxygens (including phenoxy) is 1. The summed E-state index contributed by atoms with van der Waals surface area (Å²) in [7, 11) is 0. The van der Waals surface area contributed by atoms with Gasteiger partial charge in [-0.25, -0.2) is 0 Å². The maximum absolute atomic E-state index is 12.6. The van der Waals surface area contributed by atoms with E-state index >= 15 is 0 Å². The summed E-state index contributed by atoms with van der Waals surface area (Å²) in [6.45, 7) is 4.40. The van der Waals surface area contributed by atoms with E-state index in [2.05, 4.69) is 5.32 Å². The highest BCUT2D eigenvalue weighted by molar-refractivity contribution is 6.35. The number of carbonyl (C=O) groups excluding carboxylic acids is 1. The van der Waals surface area contributed by atoms with Crippen LogP contribution in [0, 0.1) is 0 Å². The molecule has 0 aliphatic carbocycles. The minimum absolute atomic E-state index is 0.171. The van der Waals surface area contributed by atoms with Crippen LogP contribution in [0.4, 0.5) is 5.69 Å². The summed E-state index contributed by atoms with van der Waals surface area (Å²) in [6, 6.07) is 12.4. The second kappa shape index (κ2) is 7.38. The van der Waals surface area contributed by atoms with Gasteiger partial charge in [-0.05, 0) is 56.3 Å². The van der Waals surface area contributed by atoms with E-state index < -0.39 is 6.04 Å². The highest BCUT2D eigenvalue weighted by Gasteiger charge is 2.18. The molecule has 6 heteroatoms. The Bertz CT molecular complexity index is 921. The average molecular weight is 377 g/mol. The third-order valence-electron chi connectivity index (χ3n) is 3.99. The number of halogens is 2. The Morgan fingerprint density at radius 2 is 2.00 bits per heavy atom. The molecule has 0 saturated carbocycles. The number of carbonyl (C=O) groups is 1. The van der Waals surface area contributed by atoms with Gasteiger partial charge in [0, 0.05) is 22.1 Å². The number of amides is 1. The van der Waals surface area contributed by atoms with Gasteiger partial charge in [-0.1, -0.05) is 23.2 Å². The summed E-state index contributed by atoms with van der Waals surface area (Å²) in [4.78, 5) is 12.6. The van der Waals surface area contributed by atoms with Gasteiger partial charge in [0.15, 0.2) is 0 Å². The van der Waals surface area contributed by atoms with E-state index in [9.17, 15) is 4.79 Å². The number of hydrogen-bond acceptors (Lipinski definition) is 2. The van der Waals surface area contributed by atoms with Crippen LogP contribution in [0.1, 0.15) is 19.9 Å². The average Bonchev–Trinajstić information content (AvgIpc) is 3.01. The lowest BCUT2D eigenvalue weighted by atomic mass is 10.2. The summed E-state index contributed by atoms with van der Waals surface area (Å²) in [5, 5.41) is 4.82. The molecule has 0 aliphatic heterocycles. The van der Waals surface area contributed by atoms with E-state index in [4.69, 9.17) is 27.9 Å². The van der Waals surface area contributed by atoms with E-state index in [1.54, 1.807) is 18.2 Å². The van der Waals surface area contributed by atoms with Crippen molar-refractivity contribution in [2.45, 2.75) is 19.9 Å².